The third kappa shape index (κ3) is 6.45. The first-order valence-electron chi connectivity index (χ1n) is 11.2. The zero-order valence-corrected chi connectivity index (χ0v) is 21.5. The molecule has 0 atom stereocenters. The number of hydrogen-bond donors (Lipinski definition) is 3. The number of aromatic nitrogens is 1. The van der Waals surface area contributed by atoms with Gasteiger partial charge in [-0.3, -0.25) is 14.6 Å². The van der Waals surface area contributed by atoms with Crippen LogP contribution in [0.3, 0.4) is 0 Å². The first-order chi connectivity index (χ1) is 18.1. The molecule has 4 aromatic rings. The molecule has 3 N–H and O–H groups in total. The number of carbonyl (C=O) groups is 2. The highest BCUT2D eigenvalue weighted by atomic mass is 32.1. The summed E-state index contributed by atoms with van der Waals surface area (Å²) in [7, 11) is 0. The van der Waals surface area contributed by atoms with E-state index in [4.69, 9.17) is 0 Å². The van der Waals surface area contributed by atoms with Gasteiger partial charge in [0.15, 0.2) is 0 Å². The Morgan fingerprint density at radius 2 is 1.76 bits per heavy atom. The number of halogens is 3. The molecule has 3 heterocycles. The van der Waals surface area contributed by atoms with Gasteiger partial charge in [-0.15, -0.1) is 22.7 Å². The van der Waals surface area contributed by atoms with E-state index in [1.807, 2.05) is 12.1 Å². The topological polar surface area (TPSA) is 104 Å². The third-order valence-corrected chi connectivity index (χ3v) is 7.53. The van der Waals surface area contributed by atoms with Gasteiger partial charge in [-0.25, -0.2) is 5.43 Å². The molecule has 0 aliphatic carbocycles. The average molecular weight is 559 g/mol. The molecule has 3 aromatic heterocycles. The SMILES string of the molecule is C/C(=N\NC(=O)c1ccc(C(=O)NCCc2cccnc2)s1)c1csc(-c2ccc(C(F)(F)F)cc2)c1O. The van der Waals surface area contributed by atoms with Crippen LogP contribution in [0.1, 0.15) is 43.0 Å². The monoisotopic (exact) mass is 558 g/mol. The predicted molar refractivity (Wildman–Crippen MR) is 141 cm³/mol. The molecule has 0 spiro atoms. The van der Waals surface area contributed by atoms with Gasteiger partial charge in [0.1, 0.15) is 5.75 Å². The summed E-state index contributed by atoms with van der Waals surface area (Å²) >= 11 is 2.16. The zero-order chi connectivity index (χ0) is 27.3. The van der Waals surface area contributed by atoms with Gasteiger partial charge in [0.05, 0.1) is 31.5 Å². The van der Waals surface area contributed by atoms with E-state index in [1.54, 1.807) is 30.8 Å². The fourth-order valence-corrected chi connectivity index (χ4v) is 5.23. The molecular weight excluding hydrogens is 537 g/mol. The molecule has 0 saturated heterocycles. The first-order valence-corrected chi connectivity index (χ1v) is 12.9. The Hall–Kier alpha value is -4.03. The van der Waals surface area contributed by atoms with Crippen molar-refractivity contribution in [3.05, 3.63) is 92.7 Å². The quantitative estimate of drug-likeness (QED) is 0.190. The van der Waals surface area contributed by atoms with Crippen molar-refractivity contribution in [3.63, 3.8) is 0 Å². The van der Waals surface area contributed by atoms with E-state index in [0.717, 1.165) is 40.4 Å². The lowest BCUT2D eigenvalue weighted by atomic mass is 10.1. The molecule has 0 radical (unpaired) electrons. The number of hydrazone groups is 1. The Balaban J connectivity index is 1.36. The number of amides is 2. The molecule has 196 valence electrons. The summed E-state index contributed by atoms with van der Waals surface area (Å²) in [5.74, 6) is -0.968. The number of benzene rings is 1. The maximum atomic E-state index is 12.8. The summed E-state index contributed by atoms with van der Waals surface area (Å²) in [5, 5.41) is 19.1. The molecule has 2 amide bonds. The predicted octanol–water partition coefficient (Wildman–Crippen LogP) is 5.72. The molecule has 1 aromatic carbocycles. The molecule has 0 saturated carbocycles. The van der Waals surface area contributed by atoms with Crippen molar-refractivity contribution < 1.29 is 27.9 Å². The van der Waals surface area contributed by atoms with Crippen LogP contribution in [0.25, 0.3) is 10.4 Å². The van der Waals surface area contributed by atoms with Crippen molar-refractivity contribution in [2.75, 3.05) is 6.54 Å². The largest absolute Gasteiger partial charge is 0.506 e. The first kappa shape index (κ1) is 27.0. The maximum Gasteiger partial charge on any atom is 0.416 e. The van der Waals surface area contributed by atoms with Crippen molar-refractivity contribution >= 4 is 40.2 Å². The number of nitrogens with one attached hydrogen (secondary N) is 2. The van der Waals surface area contributed by atoms with Gasteiger partial charge in [0.2, 0.25) is 0 Å². The molecule has 0 aliphatic rings. The van der Waals surface area contributed by atoms with Crippen LogP contribution in [0, 0.1) is 0 Å². The number of alkyl halides is 3. The molecule has 12 heteroatoms. The number of nitrogens with zero attached hydrogens (tertiary/aromatic N) is 2. The summed E-state index contributed by atoms with van der Waals surface area (Å²) in [6.45, 7) is 2.00. The van der Waals surface area contributed by atoms with Gasteiger partial charge in [0, 0.05) is 24.3 Å². The number of aromatic hydroxyl groups is 1. The number of carbonyl (C=O) groups excluding carboxylic acids is 2. The Bertz CT molecular complexity index is 1460. The van der Waals surface area contributed by atoms with Crippen LogP contribution in [0.4, 0.5) is 13.2 Å². The zero-order valence-electron chi connectivity index (χ0n) is 19.9. The summed E-state index contributed by atoms with van der Waals surface area (Å²) < 4.78 is 38.4. The highest BCUT2D eigenvalue weighted by Gasteiger charge is 2.30. The van der Waals surface area contributed by atoms with Gasteiger partial charge in [0.25, 0.3) is 11.8 Å². The summed E-state index contributed by atoms with van der Waals surface area (Å²) in [6, 6.07) is 11.3. The average Bonchev–Trinajstić information content (AvgIpc) is 3.55. The molecule has 0 unspecified atom stereocenters. The maximum absolute atomic E-state index is 12.8. The van der Waals surface area contributed by atoms with Crippen LogP contribution in [-0.4, -0.2) is 34.2 Å². The number of pyridine rings is 1. The second kappa shape index (κ2) is 11.6. The lowest BCUT2D eigenvalue weighted by Gasteiger charge is -2.07. The Kier molecular flexibility index (Phi) is 8.23. The molecule has 0 bridgehead atoms. The van der Waals surface area contributed by atoms with Crippen molar-refractivity contribution in [3.8, 4) is 16.2 Å². The molecule has 7 nitrogen and oxygen atoms in total. The van der Waals surface area contributed by atoms with Crippen LogP contribution >= 0.6 is 22.7 Å². The van der Waals surface area contributed by atoms with E-state index in [9.17, 15) is 27.9 Å². The highest BCUT2D eigenvalue weighted by Crippen LogP contribution is 2.40. The van der Waals surface area contributed by atoms with Crippen molar-refractivity contribution in [2.24, 2.45) is 5.10 Å². The lowest BCUT2D eigenvalue weighted by Crippen LogP contribution is -2.24. The van der Waals surface area contributed by atoms with Crippen LogP contribution in [0.15, 0.2) is 71.4 Å². The number of rotatable bonds is 8. The van der Waals surface area contributed by atoms with Gasteiger partial charge in [-0.1, -0.05) is 18.2 Å². The summed E-state index contributed by atoms with van der Waals surface area (Å²) in [4.78, 5) is 30.0. The molecule has 38 heavy (non-hydrogen) atoms. The van der Waals surface area contributed by atoms with Gasteiger partial charge in [-0.2, -0.15) is 18.3 Å². The van der Waals surface area contributed by atoms with E-state index < -0.39 is 17.6 Å². The molecular formula is C26H21F3N4O3S2. The third-order valence-electron chi connectivity index (χ3n) is 5.43. The van der Waals surface area contributed by atoms with E-state index >= 15 is 0 Å². The van der Waals surface area contributed by atoms with Crippen molar-refractivity contribution in [2.45, 2.75) is 19.5 Å². The fraction of sp³-hybridized carbons (Fsp3) is 0.154. The molecule has 4 rings (SSSR count). The summed E-state index contributed by atoms with van der Waals surface area (Å²) in [5.41, 5.74) is 3.68. The van der Waals surface area contributed by atoms with Crippen LogP contribution in [0.5, 0.6) is 5.75 Å². The van der Waals surface area contributed by atoms with E-state index in [0.29, 0.717) is 39.6 Å². The second-order valence-electron chi connectivity index (χ2n) is 8.07. The lowest BCUT2D eigenvalue weighted by molar-refractivity contribution is -0.137. The van der Waals surface area contributed by atoms with Crippen molar-refractivity contribution in [1.82, 2.24) is 15.7 Å². The second-order valence-corrected chi connectivity index (χ2v) is 10.0. The summed E-state index contributed by atoms with van der Waals surface area (Å²) in [6.07, 6.45) is -0.415. The normalized spacial score (nSPS) is 11.8. The molecule has 0 fully saturated rings. The van der Waals surface area contributed by atoms with Gasteiger partial charge in [-0.05, 0) is 54.8 Å². The standard InChI is InChI=1S/C26H21F3N4O3S2/c1-15(19-14-37-23(22(19)34)17-4-6-18(7-5-17)26(27,28)29)32-33-25(36)21-9-8-20(38-21)24(35)31-12-10-16-3-2-11-30-13-16/h2-9,11,13-14,34H,10,12H2,1H3,(H,31,35)(H,33,36)/b32-15+. The fourth-order valence-electron chi connectivity index (χ4n) is 3.41. The minimum absolute atomic E-state index is 0.147. The van der Waals surface area contributed by atoms with Crippen LogP contribution in [0.2, 0.25) is 0 Å². The Morgan fingerprint density at radius 1 is 1.05 bits per heavy atom. The van der Waals surface area contributed by atoms with Crippen LogP contribution < -0.4 is 10.7 Å². The van der Waals surface area contributed by atoms with Crippen molar-refractivity contribution in [1.29, 1.82) is 0 Å². The number of thiophene rings is 2. The minimum atomic E-state index is -4.45. The number of hydrogen-bond acceptors (Lipinski definition) is 7. The minimum Gasteiger partial charge on any atom is -0.506 e. The Morgan fingerprint density at radius 3 is 2.42 bits per heavy atom. The van der Waals surface area contributed by atoms with Gasteiger partial charge < -0.3 is 10.4 Å². The van der Waals surface area contributed by atoms with Crippen LogP contribution in [-0.2, 0) is 12.6 Å². The van der Waals surface area contributed by atoms with E-state index in [2.05, 4.69) is 20.8 Å². The molecule has 0 aliphatic heterocycles. The Labute approximate surface area is 223 Å². The van der Waals surface area contributed by atoms with Gasteiger partial charge >= 0.3 is 6.18 Å². The highest BCUT2D eigenvalue weighted by molar-refractivity contribution is 7.16. The smallest absolute Gasteiger partial charge is 0.416 e. The van der Waals surface area contributed by atoms with E-state index in [-0.39, 0.29) is 16.5 Å². The van der Waals surface area contributed by atoms with E-state index in [1.165, 1.54) is 18.2 Å².